The van der Waals surface area contributed by atoms with E-state index in [-0.39, 0.29) is 23.9 Å². The molecule has 0 saturated heterocycles. The molecule has 1 aromatic heterocycles. The molecule has 0 saturated carbocycles. The highest BCUT2D eigenvalue weighted by Crippen LogP contribution is 2.23. The topological polar surface area (TPSA) is 64.0 Å². The van der Waals surface area contributed by atoms with Crippen LogP contribution >= 0.6 is 0 Å². The number of para-hydroxylation sites is 1. The highest BCUT2D eigenvalue weighted by Gasteiger charge is 2.21. The second kappa shape index (κ2) is 6.08. The quantitative estimate of drug-likeness (QED) is 0.887. The van der Waals surface area contributed by atoms with E-state index in [0.29, 0.717) is 0 Å². The third-order valence-corrected chi connectivity index (χ3v) is 3.62. The summed E-state index contributed by atoms with van der Waals surface area (Å²) in [5.74, 6) is -0.0351. The molecule has 1 heterocycles. The predicted molar refractivity (Wildman–Crippen MR) is 83.3 cm³/mol. The van der Waals surface area contributed by atoms with Crippen molar-refractivity contribution in [1.29, 1.82) is 0 Å². The maximum Gasteiger partial charge on any atom is 0.152 e. The molecule has 0 aliphatic heterocycles. The third kappa shape index (κ3) is 3.29. The van der Waals surface area contributed by atoms with E-state index in [4.69, 9.17) is 0 Å². The van der Waals surface area contributed by atoms with E-state index in [1.54, 1.807) is 6.33 Å². The number of aryl methyl sites for hydroxylation is 1. The molecule has 1 N–H and O–H groups in total. The predicted octanol–water partition coefficient (Wildman–Crippen LogP) is 2.56. The van der Waals surface area contributed by atoms with Gasteiger partial charge in [0, 0.05) is 19.4 Å². The number of imidazole rings is 1. The number of hydrogen-bond acceptors (Lipinski definition) is 4. The number of hydrogen-bond donors (Lipinski definition) is 1. The van der Waals surface area contributed by atoms with Gasteiger partial charge in [-0.25, -0.2) is 4.98 Å². The van der Waals surface area contributed by atoms with Gasteiger partial charge in [-0.3, -0.25) is 9.59 Å². The lowest BCUT2D eigenvalue weighted by molar-refractivity contribution is -0.125. The molecule has 2 aromatic rings. The number of ketones is 2. The van der Waals surface area contributed by atoms with Crippen LogP contribution in [0.5, 0.6) is 0 Å². The minimum Gasteiger partial charge on any atom is -0.373 e. The fourth-order valence-electron chi connectivity index (χ4n) is 2.20. The smallest absolute Gasteiger partial charge is 0.152 e. The molecule has 112 valence electrons. The summed E-state index contributed by atoms with van der Waals surface area (Å²) >= 11 is 0. The van der Waals surface area contributed by atoms with Crippen molar-refractivity contribution in [3.63, 3.8) is 0 Å². The molecular formula is C16H21N3O2. The normalized spacial score (nSPS) is 12.6. The van der Waals surface area contributed by atoms with Crippen molar-refractivity contribution in [2.75, 3.05) is 5.32 Å². The van der Waals surface area contributed by atoms with Crippen LogP contribution in [0.1, 0.15) is 27.2 Å². The van der Waals surface area contributed by atoms with Crippen molar-refractivity contribution in [2.24, 2.45) is 13.0 Å². The number of nitrogens with zero attached hydrogens (tertiary/aromatic N) is 2. The summed E-state index contributed by atoms with van der Waals surface area (Å²) in [5.41, 5.74) is 2.57. The zero-order chi connectivity index (χ0) is 15.6. The van der Waals surface area contributed by atoms with E-state index in [1.807, 2.05) is 43.7 Å². The first-order valence-electron chi connectivity index (χ1n) is 7.10. The minimum absolute atomic E-state index is 0.0445. The number of aromatic nitrogens is 2. The standard InChI is InChI=1S/C16H21N3O2/c1-10(2)15(21)8-13(11(3)20)18-12-6-5-7-14-16(12)17-9-19(14)4/h5-7,9-10,13,18H,8H2,1-4H3. The van der Waals surface area contributed by atoms with E-state index in [1.165, 1.54) is 6.92 Å². The zero-order valence-electron chi connectivity index (χ0n) is 12.9. The fraction of sp³-hybridized carbons (Fsp3) is 0.438. The van der Waals surface area contributed by atoms with Crippen LogP contribution in [0.2, 0.25) is 0 Å². The number of nitrogens with one attached hydrogen (secondary N) is 1. The molecule has 5 heteroatoms. The van der Waals surface area contributed by atoms with Crippen molar-refractivity contribution in [2.45, 2.75) is 33.2 Å². The van der Waals surface area contributed by atoms with E-state index in [9.17, 15) is 9.59 Å². The summed E-state index contributed by atoms with van der Waals surface area (Å²) in [6.45, 7) is 5.20. The van der Waals surface area contributed by atoms with E-state index in [0.717, 1.165) is 16.7 Å². The lowest BCUT2D eigenvalue weighted by atomic mass is 9.99. The molecular weight excluding hydrogens is 266 g/mol. The average molecular weight is 287 g/mol. The molecule has 0 spiro atoms. The Morgan fingerprint density at radius 3 is 2.67 bits per heavy atom. The van der Waals surface area contributed by atoms with E-state index >= 15 is 0 Å². The highest BCUT2D eigenvalue weighted by atomic mass is 16.1. The zero-order valence-corrected chi connectivity index (χ0v) is 12.9. The number of fused-ring (bicyclic) bond motifs is 1. The van der Waals surface area contributed by atoms with Crippen molar-refractivity contribution in [1.82, 2.24) is 9.55 Å². The maximum atomic E-state index is 11.9. The average Bonchev–Trinajstić information content (AvgIpc) is 2.80. The summed E-state index contributed by atoms with van der Waals surface area (Å²) < 4.78 is 1.92. The third-order valence-electron chi connectivity index (χ3n) is 3.62. The molecule has 1 unspecified atom stereocenters. The number of anilines is 1. The largest absolute Gasteiger partial charge is 0.373 e. The minimum atomic E-state index is -0.507. The van der Waals surface area contributed by atoms with Gasteiger partial charge in [-0.05, 0) is 19.1 Å². The van der Waals surface area contributed by atoms with Gasteiger partial charge in [0.1, 0.15) is 11.3 Å². The van der Waals surface area contributed by atoms with E-state index < -0.39 is 6.04 Å². The molecule has 1 aromatic carbocycles. The number of carbonyl (C=O) groups is 2. The molecule has 1 atom stereocenters. The molecule has 0 amide bonds. The lowest BCUT2D eigenvalue weighted by Gasteiger charge is -2.18. The highest BCUT2D eigenvalue weighted by molar-refractivity contribution is 5.95. The van der Waals surface area contributed by atoms with Gasteiger partial charge in [0.25, 0.3) is 0 Å². The molecule has 0 bridgehead atoms. The van der Waals surface area contributed by atoms with Gasteiger partial charge in [-0.1, -0.05) is 19.9 Å². The van der Waals surface area contributed by atoms with Crippen molar-refractivity contribution < 1.29 is 9.59 Å². The van der Waals surface area contributed by atoms with Crippen LogP contribution in [0.4, 0.5) is 5.69 Å². The summed E-state index contributed by atoms with van der Waals surface area (Å²) in [5, 5.41) is 3.17. The Morgan fingerprint density at radius 2 is 2.05 bits per heavy atom. The van der Waals surface area contributed by atoms with Gasteiger partial charge in [0.15, 0.2) is 5.78 Å². The van der Waals surface area contributed by atoms with Gasteiger partial charge >= 0.3 is 0 Å². The molecule has 0 aliphatic rings. The van der Waals surface area contributed by atoms with Crippen molar-refractivity contribution in [3.8, 4) is 0 Å². The summed E-state index contributed by atoms with van der Waals surface area (Å²) in [6.07, 6.45) is 1.94. The monoisotopic (exact) mass is 287 g/mol. The SMILES string of the molecule is CC(=O)C(CC(=O)C(C)C)Nc1cccc2c1ncn2C. The Morgan fingerprint density at radius 1 is 1.33 bits per heavy atom. The molecule has 21 heavy (non-hydrogen) atoms. The van der Waals surface area contributed by atoms with Gasteiger partial charge in [-0.2, -0.15) is 0 Å². The van der Waals surface area contributed by atoms with Crippen LogP contribution < -0.4 is 5.32 Å². The second-order valence-corrected chi connectivity index (χ2v) is 5.66. The first kappa shape index (κ1) is 15.2. The summed E-state index contributed by atoms with van der Waals surface area (Å²) in [6, 6.07) is 5.25. The summed E-state index contributed by atoms with van der Waals surface area (Å²) in [4.78, 5) is 28.1. The molecule has 0 fully saturated rings. The van der Waals surface area contributed by atoms with Crippen LogP contribution in [-0.2, 0) is 16.6 Å². The lowest BCUT2D eigenvalue weighted by Crippen LogP contribution is -2.31. The number of carbonyl (C=O) groups excluding carboxylic acids is 2. The van der Waals surface area contributed by atoms with Crippen LogP contribution in [-0.4, -0.2) is 27.2 Å². The van der Waals surface area contributed by atoms with Gasteiger partial charge in [0.05, 0.1) is 23.6 Å². The Labute approximate surface area is 124 Å². The Kier molecular flexibility index (Phi) is 4.40. The first-order chi connectivity index (χ1) is 9.90. The van der Waals surface area contributed by atoms with Crippen molar-refractivity contribution in [3.05, 3.63) is 24.5 Å². The summed E-state index contributed by atoms with van der Waals surface area (Å²) in [7, 11) is 1.92. The number of Topliss-reactive ketones (excluding diaryl/α,β-unsaturated/α-hetero) is 2. The second-order valence-electron chi connectivity index (χ2n) is 5.66. The molecule has 0 radical (unpaired) electrons. The van der Waals surface area contributed by atoms with Gasteiger partial charge in [0.2, 0.25) is 0 Å². The van der Waals surface area contributed by atoms with Crippen LogP contribution in [0.25, 0.3) is 11.0 Å². The molecule has 2 rings (SSSR count). The van der Waals surface area contributed by atoms with E-state index in [2.05, 4.69) is 10.3 Å². The Hall–Kier alpha value is -2.17. The van der Waals surface area contributed by atoms with Gasteiger partial charge < -0.3 is 9.88 Å². The maximum absolute atomic E-state index is 11.9. The molecule has 5 nitrogen and oxygen atoms in total. The van der Waals surface area contributed by atoms with Crippen LogP contribution in [0.3, 0.4) is 0 Å². The van der Waals surface area contributed by atoms with Crippen molar-refractivity contribution >= 4 is 28.3 Å². The van der Waals surface area contributed by atoms with Crippen LogP contribution in [0.15, 0.2) is 24.5 Å². The Balaban J connectivity index is 2.27. The first-order valence-corrected chi connectivity index (χ1v) is 7.10. The number of benzene rings is 1. The fourth-order valence-corrected chi connectivity index (χ4v) is 2.20. The Bertz CT molecular complexity index is 673. The molecule has 0 aliphatic carbocycles. The van der Waals surface area contributed by atoms with Crippen LogP contribution in [0, 0.1) is 5.92 Å². The van der Waals surface area contributed by atoms with Gasteiger partial charge in [-0.15, -0.1) is 0 Å². The number of rotatable bonds is 6.